The van der Waals surface area contributed by atoms with Crippen molar-refractivity contribution in [2.45, 2.75) is 72.5 Å². The van der Waals surface area contributed by atoms with Gasteiger partial charge in [0.05, 0.1) is 24.5 Å². The highest BCUT2D eigenvalue weighted by Crippen LogP contribution is 2.43. The monoisotopic (exact) mass is 579 g/mol. The van der Waals surface area contributed by atoms with Crippen LogP contribution in [-0.2, 0) is 9.53 Å². The van der Waals surface area contributed by atoms with Crippen LogP contribution >= 0.6 is 0 Å². The molecule has 1 aromatic carbocycles. The van der Waals surface area contributed by atoms with Crippen molar-refractivity contribution in [3.8, 4) is 22.8 Å². The molecule has 1 atom stereocenters. The molecular formula is C33H42FN3O5. The van der Waals surface area contributed by atoms with Crippen LogP contribution in [0.15, 0.2) is 48.8 Å². The molecule has 0 aliphatic carbocycles. The van der Waals surface area contributed by atoms with Crippen LogP contribution in [-0.4, -0.2) is 52.9 Å². The number of carboxylic acid groups (broad SMARTS) is 1. The minimum atomic E-state index is -1.25. The summed E-state index contributed by atoms with van der Waals surface area (Å²) in [5, 5.41) is 10.3. The Bertz CT molecular complexity index is 1360. The summed E-state index contributed by atoms with van der Waals surface area (Å²) in [6, 6.07) is 10.8. The molecular weight excluding hydrogens is 537 g/mol. The maximum Gasteiger partial charge on any atom is 0.337 e. The van der Waals surface area contributed by atoms with Crippen LogP contribution in [0.4, 0.5) is 10.1 Å². The average Bonchev–Trinajstić information content (AvgIpc) is 2.92. The molecule has 0 bridgehead atoms. The lowest BCUT2D eigenvalue weighted by Crippen LogP contribution is -2.39. The first kappa shape index (κ1) is 31.2. The van der Waals surface area contributed by atoms with Crippen molar-refractivity contribution in [3.05, 3.63) is 65.9 Å². The number of aromatic nitrogens is 2. The summed E-state index contributed by atoms with van der Waals surface area (Å²) < 4.78 is 32.7. The summed E-state index contributed by atoms with van der Waals surface area (Å²) in [5.41, 5.74) is 2.28. The fourth-order valence-corrected chi connectivity index (χ4v) is 5.01. The number of halogens is 1. The summed E-state index contributed by atoms with van der Waals surface area (Å²) in [5.74, 6) is -1.04. The number of para-hydroxylation sites is 1. The lowest BCUT2D eigenvalue weighted by molar-refractivity contribution is -0.160. The van der Waals surface area contributed by atoms with Crippen molar-refractivity contribution < 1.29 is 28.5 Å². The molecule has 0 saturated carbocycles. The molecule has 0 spiro atoms. The van der Waals surface area contributed by atoms with Crippen LogP contribution in [0.1, 0.15) is 71.2 Å². The first-order chi connectivity index (χ1) is 19.8. The number of ether oxygens (including phenoxy) is 3. The average molecular weight is 580 g/mol. The molecule has 9 heteroatoms. The molecule has 8 nitrogen and oxygen atoms in total. The Hall–Kier alpha value is -3.72. The minimum Gasteiger partial charge on any atom is -0.493 e. The number of hydrogen-bond donors (Lipinski definition) is 1. The second kappa shape index (κ2) is 13.1. The molecule has 1 aliphatic rings. The molecule has 226 valence electrons. The van der Waals surface area contributed by atoms with Gasteiger partial charge in [0.2, 0.25) is 5.88 Å². The molecule has 42 heavy (non-hydrogen) atoms. The van der Waals surface area contributed by atoms with Gasteiger partial charge in [-0.25, -0.2) is 14.2 Å². The normalized spacial score (nSPS) is 15.7. The number of piperidine rings is 1. The predicted octanol–water partition coefficient (Wildman–Crippen LogP) is 7.01. The number of aryl methyl sites for hydroxylation is 1. The zero-order valence-corrected chi connectivity index (χ0v) is 25.4. The number of aliphatic carboxylic acids is 1. The largest absolute Gasteiger partial charge is 0.493 e. The fourth-order valence-electron chi connectivity index (χ4n) is 5.01. The third kappa shape index (κ3) is 7.97. The predicted molar refractivity (Wildman–Crippen MR) is 161 cm³/mol. The van der Waals surface area contributed by atoms with Crippen molar-refractivity contribution in [2.24, 2.45) is 5.41 Å². The van der Waals surface area contributed by atoms with Crippen LogP contribution in [0.5, 0.6) is 11.6 Å². The molecule has 0 radical (unpaired) electrons. The maximum absolute atomic E-state index is 15.3. The SMILES string of the molecule is Cc1ncc(-c2cnc(OCCCOc3ccccc3)c(F)c2)c(N2CCC(C)(C)CC2)c1[C@H](OC(C)(C)C)C(=O)O. The van der Waals surface area contributed by atoms with Gasteiger partial charge in [0, 0.05) is 54.3 Å². The molecule has 1 fully saturated rings. The van der Waals surface area contributed by atoms with Gasteiger partial charge in [-0.2, -0.15) is 0 Å². The first-order valence-electron chi connectivity index (χ1n) is 14.5. The summed E-state index contributed by atoms with van der Waals surface area (Å²) in [7, 11) is 0. The standard InChI is InChI=1S/C33H42FN3O5/c1-22-27(29(31(38)39)42-32(2,3)4)28(37-15-13-33(5,6)14-16-37)25(21-35-22)23-19-26(34)30(36-20-23)41-18-10-17-40-24-11-8-7-9-12-24/h7-9,11-12,19-21,29H,10,13-18H2,1-6H3,(H,38,39)/t29-/m0/s1. The molecule has 3 heterocycles. The Kier molecular flexibility index (Phi) is 9.71. The van der Waals surface area contributed by atoms with Crippen molar-refractivity contribution in [3.63, 3.8) is 0 Å². The summed E-state index contributed by atoms with van der Waals surface area (Å²) >= 11 is 0. The van der Waals surface area contributed by atoms with E-state index in [0.717, 1.165) is 31.7 Å². The van der Waals surface area contributed by atoms with Gasteiger partial charge in [0.1, 0.15) is 5.75 Å². The molecule has 1 saturated heterocycles. The van der Waals surface area contributed by atoms with E-state index in [0.29, 0.717) is 41.1 Å². The number of rotatable bonds is 11. The number of pyridine rings is 2. The van der Waals surface area contributed by atoms with Crippen LogP contribution in [0.25, 0.3) is 11.1 Å². The van der Waals surface area contributed by atoms with Gasteiger partial charge in [0.25, 0.3) is 0 Å². The van der Waals surface area contributed by atoms with E-state index >= 15 is 4.39 Å². The first-order valence-corrected chi connectivity index (χ1v) is 14.5. The van der Waals surface area contributed by atoms with Crippen molar-refractivity contribution in [1.29, 1.82) is 0 Å². The van der Waals surface area contributed by atoms with Gasteiger partial charge < -0.3 is 24.2 Å². The molecule has 3 aromatic rings. The summed E-state index contributed by atoms with van der Waals surface area (Å²) in [6.45, 7) is 13.8. The molecule has 0 amide bonds. The van der Waals surface area contributed by atoms with Crippen molar-refractivity contribution in [2.75, 3.05) is 31.2 Å². The van der Waals surface area contributed by atoms with Gasteiger partial charge in [-0.3, -0.25) is 4.98 Å². The zero-order chi connectivity index (χ0) is 30.5. The number of nitrogens with zero attached hydrogens (tertiary/aromatic N) is 3. The fraction of sp³-hybridized carbons (Fsp3) is 0.485. The summed E-state index contributed by atoms with van der Waals surface area (Å²) in [4.78, 5) is 23.6. The van der Waals surface area contributed by atoms with Gasteiger partial charge in [-0.05, 0) is 64.2 Å². The highest BCUT2D eigenvalue weighted by molar-refractivity contribution is 5.86. The van der Waals surface area contributed by atoms with Gasteiger partial charge >= 0.3 is 5.97 Å². The topological polar surface area (TPSA) is 94.0 Å². The minimum absolute atomic E-state index is 0.0977. The molecule has 4 rings (SSSR count). The second-order valence-corrected chi connectivity index (χ2v) is 12.5. The van der Waals surface area contributed by atoms with E-state index in [2.05, 4.69) is 28.7 Å². The van der Waals surface area contributed by atoms with E-state index in [-0.39, 0.29) is 17.9 Å². The highest BCUT2D eigenvalue weighted by Gasteiger charge is 2.36. The Morgan fingerprint density at radius 1 is 1.07 bits per heavy atom. The number of hydrogen-bond acceptors (Lipinski definition) is 7. The van der Waals surface area contributed by atoms with Gasteiger partial charge in [0.15, 0.2) is 11.9 Å². The molecule has 2 aromatic heterocycles. The number of carbonyl (C=O) groups is 1. The van der Waals surface area contributed by atoms with Crippen LogP contribution in [0, 0.1) is 18.2 Å². The van der Waals surface area contributed by atoms with Gasteiger partial charge in [-0.15, -0.1) is 0 Å². The third-order valence-electron chi connectivity index (χ3n) is 7.34. The number of benzene rings is 1. The lowest BCUT2D eigenvalue weighted by Gasteiger charge is -2.40. The Morgan fingerprint density at radius 3 is 2.36 bits per heavy atom. The van der Waals surface area contributed by atoms with E-state index in [1.165, 1.54) is 6.07 Å². The highest BCUT2D eigenvalue weighted by atomic mass is 19.1. The van der Waals surface area contributed by atoms with Gasteiger partial charge in [-0.1, -0.05) is 32.0 Å². The van der Waals surface area contributed by atoms with E-state index in [1.807, 2.05) is 51.1 Å². The Balaban J connectivity index is 1.63. The maximum atomic E-state index is 15.3. The van der Waals surface area contributed by atoms with E-state index < -0.39 is 23.5 Å². The molecule has 1 N–H and O–H groups in total. The molecule has 0 unspecified atom stereocenters. The number of carboxylic acids is 1. The van der Waals surface area contributed by atoms with Crippen molar-refractivity contribution in [1.82, 2.24) is 9.97 Å². The van der Waals surface area contributed by atoms with E-state index in [4.69, 9.17) is 14.2 Å². The van der Waals surface area contributed by atoms with E-state index in [1.54, 1.807) is 19.3 Å². The Morgan fingerprint density at radius 2 is 1.74 bits per heavy atom. The summed E-state index contributed by atoms with van der Waals surface area (Å²) in [6.07, 6.45) is 4.38. The zero-order valence-electron chi connectivity index (χ0n) is 25.4. The second-order valence-electron chi connectivity index (χ2n) is 12.5. The smallest absolute Gasteiger partial charge is 0.337 e. The van der Waals surface area contributed by atoms with Crippen molar-refractivity contribution >= 4 is 11.7 Å². The number of anilines is 1. The quantitative estimate of drug-likeness (QED) is 0.243. The van der Waals surface area contributed by atoms with Crippen LogP contribution in [0.3, 0.4) is 0 Å². The lowest BCUT2D eigenvalue weighted by atomic mass is 9.82. The Labute approximate surface area is 247 Å². The molecule has 1 aliphatic heterocycles. The van der Waals surface area contributed by atoms with E-state index in [9.17, 15) is 9.90 Å². The van der Waals surface area contributed by atoms with Crippen LogP contribution < -0.4 is 14.4 Å². The third-order valence-corrected chi connectivity index (χ3v) is 7.34. The van der Waals surface area contributed by atoms with Crippen LogP contribution in [0.2, 0.25) is 0 Å².